The highest BCUT2D eigenvalue weighted by molar-refractivity contribution is 5.77. The lowest BCUT2D eigenvalue weighted by Crippen LogP contribution is -2.54. The fourth-order valence-corrected chi connectivity index (χ4v) is 1.59. The first-order chi connectivity index (χ1) is 6.29. The smallest absolute Gasteiger partial charge is 0.223 e. The molecule has 1 fully saturated rings. The molecule has 1 amide bonds. The summed E-state index contributed by atoms with van der Waals surface area (Å²) in [6.45, 7) is 9.44. The molecule has 1 atom stereocenters. The van der Waals surface area contributed by atoms with Crippen molar-refractivity contribution in [3.63, 3.8) is 0 Å². The van der Waals surface area contributed by atoms with E-state index >= 15 is 0 Å². The third-order valence-electron chi connectivity index (χ3n) is 2.63. The summed E-state index contributed by atoms with van der Waals surface area (Å²) in [6.07, 6.45) is 0.313. The summed E-state index contributed by atoms with van der Waals surface area (Å²) in [7, 11) is 0. The fourth-order valence-electron chi connectivity index (χ4n) is 1.59. The van der Waals surface area contributed by atoms with Gasteiger partial charge in [0.25, 0.3) is 0 Å². The lowest BCUT2D eigenvalue weighted by Gasteiger charge is -2.41. The van der Waals surface area contributed by atoms with E-state index in [4.69, 9.17) is 0 Å². The Labute approximate surface area is 86.1 Å². The third-order valence-corrected chi connectivity index (χ3v) is 2.63. The van der Waals surface area contributed by atoms with Crippen LogP contribution in [0.4, 0.5) is 0 Å². The minimum atomic E-state index is -0.284. The van der Waals surface area contributed by atoms with Gasteiger partial charge in [0.05, 0.1) is 6.10 Å². The molecule has 1 rings (SSSR count). The Morgan fingerprint density at radius 2 is 2.00 bits per heavy atom. The van der Waals surface area contributed by atoms with Crippen LogP contribution in [0.2, 0.25) is 0 Å². The normalized spacial score (nSPS) is 20.5. The van der Waals surface area contributed by atoms with Gasteiger partial charge in [0.15, 0.2) is 0 Å². The molecule has 0 radical (unpaired) electrons. The number of rotatable bonds is 2. The molecule has 3 heteroatoms. The Morgan fingerprint density at radius 3 is 2.36 bits per heavy atom. The Bertz CT molecular complexity index is 212. The summed E-state index contributed by atoms with van der Waals surface area (Å²) in [6, 6.07) is 0. The molecule has 1 N–H and O–H groups in total. The summed E-state index contributed by atoms with van der Waals surface area (Å²) in [5.74, 6) is 0.508. The average molecular weight is 199 g/mol. The van der Waals surface area contributed by atoms with Crippen molar-refractivity contribution in [2.75, 3.05) is 13.1 Å². The van der Waals surface area contributed by atoms with Crippen molar-refractivity contribution in [3.05, 3.63) is 0 Å². The maximum Gasteiger partial charge on any atom is 0.223 e. The summed E-state index contributed by atoms with van der Waals surface area (Å²) < 4.78 is 0. The van der Waals surface area contributed by atoms with E-state index in [1.54, 1.807) is 6.92 Å². The molecular weight excluding hydrogens is 178 g/mol. The molecule has 1 unspecified atom stereocenters. The molecule has 3 nitrogen and oxygen atoms in total. The second kappa shape index (κ2) is 3.89. The Balaban J connectivity index is 2.30. The van der Waals surface area contributed by atoms with Crippen LogP contribution < -0.4 is 0 Å². The van der Waals surface area contributed by atoms with Crippen LogP contribution in [0.5, 0.6) is 0 Å². The number of carbonyl (C=O) groups is 1. The van der Waals surface area contributed by atoms with E-state index < -0.39 is 0 Å². The molecular formula is C11H21NO2. The molecule has 82 valence electrons. The van der Waals surface area contributed by atoms with E-state index in [1.807, 2.05) is 4.90 Å². The second-order valence-electron chi connectivity index (χ2n) is 5.54. The van der Waals surface area contributed by atoms with Crippen molar-refractivity contribution in [2.45, 2.75) is 40.2 Å². The van der Waals surface area contributed by atoms with E-state index in [1.165, 1.54) is 0 Å². The fraction of sp³-hybridized carbons (Fsp3) is 0.909. The molecule has 0 aliphatic carbocycles. The van der Waals surface area contributed by atoms with Gasteiger partial charge in [-0.05, 0) is 12.3 Å². The highest BCUT2D eigenvalue weighted by Gasteiger charge is 2.34. The van der Waals surface area contributed by atoms with Gasteiger partial charge in [-0.1, -0.05) is 20.8 Å². The van der Waals surface area contributed by atoms with Crippen molar-refractivity contribution in [2.24, 2.45) is 11.3 Å². The van der Waals surface area contributed by atoms with E-state index in [0.29, 0.717) is 12.3 Å². The van der Waals surface area contributed by atoms with Crippen LogP contribution in [-0.4, -0.2) is 35.1 Å². The number of carbonyl (C=O) groups excluding carboxylic acids is 1. The van der Waals surface area contributed by atoms with Crippen molar-refractivity contribution in [3.8, 4) is 0 Å². The number of aliphatic hydroxyl groups is 1. The maximum atomic E-state index is 11.7. The second-order valence-corrected chi connectivity index (χ2v) is 5.54. The van der Waals surface area contributed by atoms with E-state index in [0.717, 1.165) is 13.1 Å². The number of nitrogens with zero attached hydrogens (tertiary/aromatic N) is 1. The predicted molar refractivity (Wildman–Crippen MR) is 55.8 cm³/mol. The molecule has 1 aliphatic heterocycles. The van der Waals surface area contributed by atoms with Crippen LogP contribution >= 0.6 is 0 Å². The largest absolute Gasteiger partial charge is 0.393 e. The van der Waals surface area contributed by atoms with Gasteiger partial charge in [-0.15, -0.1) is 0 Å². The SMILES string of the molecule is CC(O)C1CN(C(=O)CC(C)(C)C)C1. The van der Waals surface area contributed by atoms with Gasteiger partial charge in [-0.3, -0.25) is 4.79 Å². The van der Waals surface area contributed by atoms with Crippen molar-refractivity contribution in [1.29, 1.82) is 0 Å². The summed E-state index contributed by atoms with van der Waals surface area (Å²) in [4.78, 5) is 13.5. The monoisotopic (exact) mass is 199 g/mol. The minimum Gasteiger partial charge on any atom is -0.393 e. The van der Waals surface area contributed by atoms with Crippen LogP contribution in [0.3, 0.4) is 0 Å². The topological polar surface area (TPSA) is 40.5 Å². The molecule has 1 saturated heterocycles. The van der Waals surface area contributed by atoms with Crippen LogP contribution in [-0.2, 0) is 4.79 Å². The Hall–Kier alpha value is -0.570. The first-order valence-electron chi connectivity index (χ1n) is 5.25. The molecule has 0 aromatic carbocycles. The van der Waals surface area contributed by atoms with E-state index in [2.05, 4.69) is 20.8 Å². The van der Waals surface area contributed by atoms with Crippen LogP contribution in [0.25, 0.3) is 0 Å². The molecule has 0 aromatic rings. The zero-order valence-corrected chi connectivity index (χ0v) is 9.58. The van der Waals surface area contributed by atoms with Crippen molar-refractivity contribution < 1.29 is 9.90 Å². The summed E-state index contributed by atoms with van der Waals surface area (Å²) in [5.41, 5.74) is 0.0625. The third kappa shape index (κ3) is 2.98. The van der Waals surface area contributed by atoms with Crippen LogP contribution in [0.1, 0.15) is 34.1 Å². The highest BCUT2D eigenvalue weighted by Crippen LogP contribution is 2.25. The van der Waals surface area contributed by atoms with Crippen molar-refractivity contribution >= 4 is 5.91 Å². The van der Waals surface area contributed by atoms with Gasteiger partial charge in [0.1, 0.15) is 0 Å². The molecule has 1 aliphatic rings. The van der Waals surface area contributed by atoms with E-state index in [-0.39, 0.29) is 17.4 Å². The summed E-state index contributed by atoms with van der Waals surface area (Å²) in [5, 5.41) is 9.27. The first kappa shape index (κ1) is 11.5. The average Bonchev–Trinajstić information content (AvgIpc) is 1.75. The minimum absolute atomic E-state index is 0.0625. The number of amides is 1. The zero-order valence-electron chi connectivity index (χ0n) is 9.58. The molecule has 0 aromatic heterocycles. The van der Waals surface area contributed by atoms with Gasteiger partial charge in [0.2, 0.25) is 5.91 Å². The maximum absolute atomic E-state index is 11.7. The quantitative estimate of drug-likeness (QED) is 0.727. The molecule has 0 saturated carbocycles. The van der Waals surface area contributed by atoms with Gasteiger partial charge in [-0.25, -0.2) is 0 Å². The van der Waals surface area contributed by atoms with Gasteiger partial charge >= 0.3 is 0 Å². The van der Waals surface area contributed by atoms with Crippen LogP contribution in [0, 0.1) is 11.3 Å². The lowest BCUT2D eigenvalue weighted by molar-refractivity contribution is -0.142. The number of aliphatic hydroxyl groups excluding tert-OH is 1. The van der Waals surface area contributed by atoms with Crippen molar-refractivity contribution in [1.82, 2.24) is 4.90 Å². The first-order valence-corrected chi connectivity index (χ1v) is 5.25. The number of hydrogen-bond donors (Lipinski definition) is 1. The molecule has 0 bridgehead atoms. The van der Waals surface area contributed by atoms with Gasteiger partial charge in [0, 0.05) is 25.4 Å². The molecule has 1 heterocycles. The lowest BCUT2D eigenvalue weighted by atomic mass is 9.89. The van der Waals surface area contributed by atoms with Crippen LogP contribution in [0.15, 0.2) is 0 Å². The number of hydrogen-bond acceptors (Lipinski definition) is 2. The Kier molecular flexibility index (Phi) is 3.20. The predicted octanol–water partition coefficient (Wildman–Crippen LogP) is 1.26. The zero-order chi connectivity index (χ0) is 10.9. The van der Waals surface area contributed by atoms with E-state index in [9.17, 15) is 9.90 Å². The molecule has 14 heavy (non-hydrogen) atoms. The molecule has 0 spiro atoms. The Morgan fingerprint density at radius 1 is 1.50 bits per heavy atom. The number of likely N-dealkylation sites (tertiary alicyclic amines) is 1. The highest BCUT2D eigenvalue weighted by atomic mass is 16.3. The van der Waals surface area contributed by atoms with Gasteiger partial charge in [-0.2, -0.15) is 0 Å². The standard InChI is InChI=1S/C11H21NO2/c1-8(13)9-6-12(7-9)10(14)5-11(2,3)4/h8-9,13H,5-7H2,1-4H3. The summed E-state index contributed by atoms with van der Waals surface area (Å²) >= 11 is 0. The van der Waals surface area contributed by atoms with Gasteiger partial charge < -0.3 is 10.0 Å².